The molecule has 0 bridgehead atoms. The highest BCUT2D eigenvalue weighted by Gasteiger charge is 2.18. The number of aromatic hydroxyl groups is 2. The smallest absolute Gasteiger partial charge is 0.339 e. The molecule has 0 aliphatic heterocycles. The van der Waals surface area contributed by atoms with Gasteiger partial charge in [-0.15, -0.1) is 0 Å². The standard InChI is InChI=1S/C16H14O5.C6H5NO3/c1-10(17)12-6-4-7-13(16(19)20)15(12)21-9-11-5-2-3-8-14(11)18;8-5-3-7-2-1-4(5)6(9)10/h2-8,18H,9H2,1H3,(H,19,20);1-3,8H,(H,9,10). The molecular formula is C22H19NO8. The molecule has 0 saturated heterocycles. The van der Waals surface area contributed by atoms with Crippen molar-refractivity contribution in [3.63, 3.8) is 0 Å². The van der Waals surface area contributed by atoms with Gasteiger partial charge in [-0.3, -0.25) is 9.78 Å². The largest absolute Gasteiger partial charge is 0.508 e. The van der Waals surface area contributed by atoms with E-state index < -0.39 is 11.9 Å². The van der Waals surface area contributed by atoms with Gasteiger partial charge in [-0.05, 0) is 31.2 Å². The van der Waals surface area contributed by atoms with Crippen LogP contribution in [0.3, 0.4) is 0 Å². The van der Waals surface area contributed by atoms with E-state index in [9.17, 15) is 24.6 Å². The number of carboxylic acids is 2. The minimum Gasteiger partial charge on any atom is -0.508 e. The van der Waals surface area contributed by atoms with Gasteiger partial charge in [0.2, 0.25) is 0 Å². The Hall–Kier alpha value is -4.40. The molecular weight excluding hydrogens is 406 g/mol. The van der Waals surface area contributed by atoms with Gasteiger partial charge in [0.05, 0.1) is 11.8 Å². The van der Waals surface area contributed by atoms with E-state index in [-0.39, 0.29) is 46.3 Å². The molecule has 1 heterocycles. The molecule has 0 aliphatic carbocycles. The van der Waals surface area contributed by atoms with Crippen molar-refractivity contribution in [2.75, 3.05) is 0 Å². The Morgan fingerprint density at radius 1 is 0.839 bits per heavy atom. The Morgan fingerprint density at radius 2 is 1.48 bits per heavy atom. The highest BCUT2D eigenvalue weighted by Crippen LogP contribution is 2.27. The molecule has 0 amide bonds. The molecule has 3 aromatic rings. The molecule has 31 heavy (non-hydrogen) atoms. The van der Waals surface area contributed by atoms with Crippen LogP contribution in [0.5, 0.6) is 17.2 Å². The number of hydrogen-bond donors (Lipinski definition) is 4. The van der Waals surface area contributed by atoms with Crippen molar-refractivity contribution < 1.29 is 39.5 Å². The lowest BCUT2D eigenvalue weighted by atomic mass is 10.1. The second kappa shape index (κ2) is 10.4. The van der Waals surface area contributed by atoms with Crippen LogP contribution in [0.15, 0.2) is 60.9 Å². The number of pyridine rings is 1. The topological polar surface area (TPSA) is 154 Å². The zero-order valence-electron chi connectivity index (χ0n) is 16.3. The van der Waals surface area contributed by atoms with E-state index in [0.29, 0.717) is 5.56 Å². The molecule has 0 saturated carbocycles. The third kappa shape index (κ3) is 6.04. The Bertz CT molecular complexity index is 1080. The fraction of sp³-hybridized carbons (Fsp3) is 0.0909. The van der Waals surface area contributed by atoms with Crippen molar-refractivity contribution in [2.24, 2.45) is 0 Å². The quantitative estimate of drug-likeness (QED) is 0.435. The van der Waals surface area contributed by atoms with Gasteiger partial charge in [-0.25, -0.2) is 9.59 Å². The van der Waals surface area contributed by atoms with E-state index in [4.69, 9.17) is 14.9 Å². The zero-order chi connectivity index (χ0) is 23.0. The summed E-state index contributed by atoms with van der Waals surface area (Å²) in [6.07, 6.45) is 2.40. The SMILES string of the molecule is CC(=O)c1cccc(C(=O)O)c1OCc1ccccc1O.O=C(O)c1ccncc1O. The Balaban J connectivity index is 0.000000285. The predicted molar refractivity (Wildman–Crippen MR) is 109 cm³/mol. The fourth-order valence-corrected chi connectivity index (χ4v) is 2.49. The summed E-state index contributed by atoms with van der Waals surface area (Å²) < 4.78 is 5.50. The molecule has 160 valence electrons. The van der Waals surface area contributed by atoms with Crippen LogP contribution in [0.2, 0.25) is 0 Å². The number of benzene rings is 2. The lowest BCUT2D eigenvalue weighted by molar-refractivity contribution is 0.0681. The van der Waals surface area contributed by atoms with Crippen molar-refractivity contribution >= 4 is 17.7 Å². The molecule has 0 fully saturated rings. The molecule has 2 aromatic carbocycles. The summed E-state index contributed by atoms with van der Waals surface area (Å²) in [6.45, 7) is 1.31. The number of nitrogens with zero attached hydrogens (tertiary/aromatic N) is 1. The molecule has 0 unspecified atom stereocenters. The summed E-state index contributed by atoms with van der Waals surface area (Å²) in [5.74, 6) is -2.86. The van der Waals surface area contributed by atoms with E-state index in [1.54, 1.807) is 18.2 Å². The summed E-state index contributed by atoms with van der Waals surface area (Å²) >= 11 is 0. The summed E-state index contributed by atoms with van der Waals surface area (Å²) in [7, 11) is 0. The van der Waals surface area contributed by atoms with Gasteiger partial charge in [-0.2, -0.15) is 0 Å². The van der Waals surface area contributed by atoms with E-state index >= 15 is 0 Å². The van der Waals surface area contributed by atoms with E-state index in [1.807, 2.05) is 0 Å². The monoisotopic (exact) mass is 425 g/mol. The number of rotatable bonds is 6. The number of Topliss-reactive ketones (excluding diaryl/α,β-unsaturated/α-hetero) is 1. The number of aromatic nitrogens is 1. The molecule has 4 N–H and O–H groups in total. The molecule has 9 heteroatoms. The van der Waals surface area contributed by atoms with Crippen LogP contribution in [0.1, 0.15) is 43.6 Å². The van der Waals surface area contributed by atoms with Gasteiger partial charge in [-0.1, -0.05) is 24.3 Å². The van der Waals surface area contributed by atoms with Gasteiger partial charge in [0, 0.05) is 11.8 Å². The van der Waals surface area contributed by atoms with Gasteiger partial charge >= 0.3 is 11.9 Å². The molecule has 0 spiro atoms. The molecule has 1 aromatic heterocycles. The lowest BCUT2D eigenvalue weighted by Gasteiger charge is -2.13. The molecule has 9 nitrogen and oxygen atoms in total. The van der Waals surface area contributed by atoms with Gasteiger partial charge in [0.15, 0.2) is 5.78 Å². The summed E-state index contributed by atoms with van der Waals surface area (Å²) in [6, 6.07) is 12.2. The maximum Gasteiger partial charge on any atom is 0.339 e. The second-order valence-electron chi connectivity index (χ2n) is 6.16. The first-order chi connectivity index (χ1) is 14.7. The first kappa shape index (κ1) is 22.9. The van der Waals surface area contributed by atoms with Crippen LogP contribution in [-0.2, 0) is 6.61 Å². The third-order valence-corrected chi connectivity index (χ3v) is 4.02. The van der Waals surface area contributed by atoms with Crippen LogP contribution in [0.4, 0.5) is 0 Å². The number of carbonyl (C=O) groups excluding carboxylic acids is 1. The number of aromatic carboxylic acids is 2. The molecule has 0 aliphatic rings. The van der Waals surface area contributed by atoms with E-state index in [2.05, 4.69) is 4.98 Å². The normalized spacial score (nSPS) is 9.84. The highest BCUT2D eigenvalue weighted by molar-refractivity contribution is 6.01. The van der Waals surface area contributed by atoms with Crippen molar-refractivity contribution in [2.45, 2.75) is 13.5 Å². The van der Waals surface area contributed by atoms with Crippen LogP contribution < -0.4 is 4.74 Å². The fourth-order valence-electron chi connectivity index (χ4n) is 2.49. The first-order valence-corrected chi connectivity index (χ1v) is 8.85. The number of carbonyl (C=O) groups is 3. The van der Waals surface area contributed by atoms with E-state index in [0.717, 1.165) is 6.20 Å². The lowest BCUT2D eigenvalue weighted by Crippen LogP contribution is -2.08. The number of phenols is 1. The molecule has 3 rings (SSSR count). The summed E-state index contributed by atoms with van der Waals surface area (Å²) in [5.41, 5.74) is 0.491. The number of carboxylic acid groups (broad SMARTS) is 2. The van der Waals surface area contributed by atoms with Crippen molar-refractivity contribution in [1.82, 2.24) is 4.98 Å². The van der Waals surface area contributed by atoms with Crippen LogP contribution in [0, 0.1) is 0 Å². The summed E-state index contributed by atoms with van der Waals surface area (Å²) in [5, 5.41) is 36.1. The third-order valence-electron chi connectivity index (χ3n) is 4.02. The molecule has 0 radical (unpaired) electrons. The van der Waals surface area contributed by atoms with Crippen LogP contribution >= 0.6 is 0 Å². The predicted octanol–water partition coefficient (Wildman–Crippen LogP) is 3.36. The number of phenolic OH excluding ortho intramolecular Hbond substituents is 1. The second-order valence-corrected chi connectivity index (χ2v) is 6.16. The summed E-state index contributed by atoms with van der Waals surface area (Å²) in [4.78, 5) is 36.6. The maximum absolute atomic E-state index is 11.6. The number of ketones is 1. The van der Waals surface area contributed by atoms with Crippen molar-refractivity contribution in [3.8, 4) is 17.2 Å². The Labute approximate surface area is 176 Å². The first-order valence-electron chi connectivity index (χ1n) is 8.85. The number of para-hydroxylation sites is 2. The molecule has 0 atom stereocenters. The number of ether oxygens (including phenoxy) is 1. The van der Waals surface area contributed by atoms with E-state index in [1.165, 1.54) is 43.5 Å². The average Bonchev–Trinajstić information content (AvgIpc) is 2.73. The Kier molecular flexibility index (Phi) is 7.68. The van der Waals surface area contributed by atoms with Gasteiger partial charge < -0.3 is 25.2 Å². The zero-order valence-corrected chi connectivity index (χ0v) is 16.3. The van der Waals surface area contributed by atoms with Crippen LogP contribution in [0.25, 0.3) is 0 Å². The minimum absolute atomic E-state index is 0.0146. The maximum atomic E-state index is 11.6. The van der Waals surface area contributed by atoms with Crippen molar-refractivity contribution in [1.29, 1.82) is 0 Å². The minimum atomic E-state index is -1.18. The number of hydrogen-bond acceptors (Lipinski definition) is 7. The van der Waals surface area contributed by atoms with Crippen LogP contribution in [-0.4, -0.2) is 43.1 Å². The Morgan fingerprint density at radius 3 is 2.03 bits per heavy atom. The van der Waals surface area contributed by atoms with Gasteiger partial charge in [0.1, 0.15) is 35.0 Å². The average molecular weight is 425 g/mol. The van der Waals surface area contributed by atoms with Crippen molar-refractivity contribution in [3.05, 3.63) is 83.2 Å². The van der Waals surface area contributed by atoms with Gasteiger partial charge in [0.25, 0.3) is 0 Å². The highest BCUT2D eigenvalue weighted by atomic mass is 16.5.